The van der Waals surface area contributed by atoms with Crippen LogP contribution in [-0.4, -0.2) is 31.7 Å². The molecule has 0 aliphatic heterocycles. The highest BCUT2D eigenvalue weighted by Crippen LogP contribution is 2.19. The Morgan fingerprint density at radius 2 is 2.06 bits per heavy atom. The molecule has 0 aromatic carbocycles. The number of rotatable bonds is 3. The van der Waals surface area contributed by atoms with Crippen molar-refractivity contribution in [2.24, 2.45) is 5.73 Å². The lowest BCUT2D eigenvalue weighted by Gasteiger charge is -2.03. The maximum absolute atomic E-state index is 10.9. The van der Waals surface area contributed by atoms with E-state index in [9.17, 15) is 9.59 Å². The van der Waals surface area contributed by atoms with Crippen molar-refractivity contribution in [1.29, 1.82) is 0 Å². The van der Waals surface area contributed by atoms with Crippen LogP contribution in [0, 0.1) is 0 Å². The molecule has 0 spiro atoms. The van der Waals surface area contributed by atoms with Gasteiger partial charge in [-0.05, 0) is 6.07 Å². The summed E-state index contributed by atoms with van der Waals surface area (Å²) in [7, 11) is 0. The fraction of sp³-hybridized carbons (Fsp3) is 0. The summed E-state index contributed by atoms with van der Waals surface area (Å²) in [6, 6.07) is 1.25. The van der Waals surface area contributed by atoms with E-state index in [0.29, 0.717) is 0 Å². The van der Waals surface area contributed by atoms with Gasteiger partial charge in [0, 0.05) is 12.4 Å². The van der Waals surface area contributed by atoms with E-state index in [4.69, 9.17) is 22.4 Å². The van der Waals surface area contributed by atoms with Crippen LogP contribution in [-0.2, 0) is 0 Å². The normalized spacial score (nSPS) is 10.3. The molecule has 0 saturated carbocycles. The van der Waals surface area contributed by atoms with Crippen molar-refractivity contribution in [3.05, 3.63) is 40.8 Å². The standard InChI is InChI=1S/C10H7ClN4O3/c11-7-1-5(10(17)18)2-13-9(7)15-4-6(3-14-15)8(12)16/h1-4H,(H2,12,16)(H,17,18). The van der Waals surface area contributed by atoms with Crippen LogP contribution in [0.1, 0.15) is 20.7 Å². The summed E-state index contributed by atoms with van der Waals surface area (Å²) in [6.45, 7) is 0. The van der Waals surface area contributed by atoms with Crippen molar-refractivity contribution in [1.82, 2.24) is 14.8 Å². The molecule has 1 amide bonds. The van der Waals surface area contributed by atoms with Crippen molar-refractivity contribution in [3.63, 3.8) is 0 Å². The second-order valence-corrected chi connectivity index (χ2v) is 3.78. The Kier molecular flexibility index (Phi) is 2.99. The van der Waals surface area contributed by atoms with E-state index in [1.165, 1.54) is 23.1 Å². The first kappa shape index (κ1) is 12.1. The van der Waals surface area contributed by atoms with Gasteiger partial charge in [-0.2, -0.15) is 5.10 Å². The number of nitrogens with two attached hydrogens (primary N) is 1. The number of carbonyl (C=O) groups is 2. The zero-order valence-corrected chi connectivity index (χ0v) is 9.63. The number of pyridine rings is 1. The molecule has 2 heterocycles. The average molecular weight is 267 g/mol. The van der Waals surface area contributed by atoms with Crippen LogP contribution >= 0.6 is 11.6 Å². The maximum Gasteiger partial charge on any atom is 0.337 e. The minimum atomic E-state index is -1.13. The van der Waals surface area contributed by atoms with Gasteiger partial charge in [-0.15, -0.1) is 0 Å². The van der Waals surface area contributed by atoms with E-state index < -0.39 is 11.9 Å². The summed E-state index contributed by atoms with van der Waals surface area (Å²) in [6.07, 6.45) is 3.78. The van der Waals surface area contributed by atoms with Crippen molar-refractivity contribution in [2.75, 3.05) is 0 Å². The summed E-state index contributed by atoms with van der Waals surface area (Å²) in [5, 5.41) is 12.7. The molecule has 2 aromatic heterocycles. The number of halogens is 1. The number of amides is 1. The number of hydrogen-bond donors (Lipinski definition) is 2. The van der Waals surface area contributed by atoms with Gasteiger partial charge in [-0.1, -0.05) is 11.6 Å². The first-order valence-electron chi connectivity index (χ1n) is 4.72. The maximum atomic E-state index is 10.9. The smallest absolute Gasteiger partial charge is 0.337 e. The number of carboxylic acid groups (broad SMARTS) is 1. The number of carbonyl (C=O) groups excluding carboxylic acids is 1. The topological polar surface area (TPSA) is 111 Å². The van der Waals surface area contributed by atoms with Gasteiger partial charge < -0.3 is 10.8 Å². The molecule has 0 aliphatic carbocycles. The van der Waals surface area contributed by atoms with E-state index in [1.54, 1.807) is 0 Å². The Morgan fingerprint density at radius 1 is 1.33 bits per heavy atom. The zero-order chi connectivity index (χ0) is 13.3. The molecule has 0 atom stereocenters. The molecule has 2 aromatic rings. The van der Waals surface area contributed by atoms with Crippen LogP contribution in [0.2, 0.25) is 5.02 Å². The second kappa shape index (κ2) is 4.46. The summed E-state index contributed by atoms with van der Waals surface area (Å²) in [5.41, 5.74) is 5.25. The Balaban J connectivity index is 2.44. The fourth-order valence-corrected chi connectivity index (χ4v) is 1.54. The van der Waals surface area contributed by atoms with E-state index in [0.717, 1.165) is 6.20 Å². The molecule has 0 bridgehead atoms. The number of carboxylic acids is 1. The van der Waals surface area contributed by atoms with Gasteiger partial charge in [0.25, 0.3) is 5.91 Å². The number of aromatic nitrogens is 3. The number of nitrogens with zero attached hydrogens (tertiary/aromatic N) is 3. The van der Waals surface area contributed by atoms with E-state index >= 15 is 0 Å². The molecule has 0 saturated heterocycles. The van der Waals surface area contributed by atoms with Crippen molar-refractivity contribution >= 4 is 23.5 Å². The van der Waals surface area contributed by atoms with E-state index in [2.05, 4.69) is 10.1 Å². The van der Waals surface area contributed by atoms with Crippen molar-refractivity contribution in [3.8, 4) is 5.82 Å². The largest absolute Gasteiger partial charge is 0.478 e. The van der Waals surface area contributed by atoms with Crippen LogP contribution < -0.4 is 5.73 Å². The molecule has 0 unspecified atom stereocenters. The summed E-state index contributed by atoms with van der Waals surface area (Å²) in [4.78, 5) is 25.5. The Hall–Kier alpha value is -2.41. The van der Waals surface area contributed by atoms with Crippen molar-refractivity contribution < 1.29 is 14.7 Å². The van der Waals surface area contributed by atoms with Crippen LogP contribution in [0.25, 0.3) is 5.82 Å². The zero-order valence-electron chi connectivity index (χ0n) is 8.87. The second-order valence-electron chi connectivity index (χ2n) is 3.37. The van der Waals surface area contributed by atoms with Gasteiger partial charge in [-0.25, -0.2) is 14.5 Å². The predicted octanol–water partition coefficient (Wildman–Crippen LogP) is 0.718. The first-order chi connectivity index (χ1) is 8.49. The monoisotopic (exact) mass is 266 g/mol. The minimum Gasteiger partial charge on any atom is -0.478 e. The Morgan fingerprint density at radius 3 is 2.56 bits per heavy atom. The molecule has 0 aliphatic rings. The van der Waals surface area contributed by atoms with Gasteiger partial charge in [-0.3, -0.25) is 4.79 Å². The Bertz CT molecular complexity index is 638. The molecule has 0 fully saturated rings. The van der Waals surface area contributed by atoms with Crippen LogP contribution in [0.4, 0.5) is 0 Å². The first-order valence-corrected chi connectivity index (χ1v) is 5.10. The third-order valence-corrected chi connectivity index (χ3v) is 2.43. The third-order valence-electron chi connectivity index (χ3n) is 2.15. The Labute approximate surface area is 106 Å². The summed E-state index contributed by atoms with van der Waals surface area (Å²) in [5.74, 6) is -1.54. The molecule has 7 nitrogen and oxygen atoms in total. The molecule has 0 radical (unpaired) electrons. The fourth-order valence-electron chi connectivity index (χ4n) is 1.28. The summed E-state index contributed by atoms with van der Waals surface area (Å²) >= 11 is 5.89. The number of primary amides is 1. The highest BCUT2D eigenvalue weighted by Gasteiger charge is 2.12. The predicted molar refractivity (Wildman–Crippen MR) is 61.8 cm³/mol. The number of aromatic carboxylic acids is 1. The van der Waals surface area contributed by atoms with Crippen LogP contribution in [0.5, 0.6) is 0 Å². The number of hydrogen-bond acceptors (Lipinski definition) is 4. The van der Waals surface area contributed by atoms with Gasteiger partial charge >= 0.3 is 5.97 Å². The van der Waals surface area contributed by atoms with Crippen molar-refractivity contribution in [2.45, 2.75) is 0 Å². The highest BCUT2D eigenvalue weighted by atomic mass is 35.5. The molecular formula is C10H7ClN4O3. The van der Waals surface area contributed by atoms with Gasteiger partial charge in [0.05, 0.1) is 22.3 Å². The van der Waals surface area contributed by atoms with Crippen LogP contribution in [0.3, 0.4) is 0 Å². The third kappa shape index (κ3) is 2.16. The molecule has 3 N–H and O–H groups in total. The lowest BCUT2D eigenvalue weighted by Crippen LogP contribution is -2.09. The molecule has 2 rings (SSSR count). The SMILES string of the molecule is NC(=O)c1cnn(-c2ncc(C(=O)O)cc2Cl)c1. The molecular weight excluding hydrogens is 260 g/mol. The minimum absolute atomic E-state index is 0.0361. The van der Waals surface area contributed by atoms with Crippen LogP contribution in [0.15, 0.2) is 24.7 Å². The molecule has 8 heteroatoms. The highest BCUT2D eigenvalue weighted by molar-refractivity contribution is 6.32. The lowest BCUT2D eigenvalue weighted by molar-refractivity contribution is 0.0696. The molecule has 92 valence electrons. The molecule has 18 heavy (non-hydrogen) atoms. The lowest BCUT2D eigenvalue weighted by atomic mass is 10.3. The van der Waals surface area contributed by atoms with E-state index in [1.807, 2.05) is 0 Å². The van der Waals surface area contributed by atoms with E-state index in [-0.39, 0.29) is 22.0 Å². The average Bonchev–Trinajstić information content (AvgIpc) is 2.78. The summed E-state index contributed by atoms with van der Waals surface area (Å²) < 4.78 is 1.24. The van der Waals surface area contributed by atoms with Gasteiger partial charge in [0.15, 0.2) is 5.82 Å². The quantitative estimate of drug-likeness (QED) is 0.850. The van der Waals surface area contributed by atoms with Gasteiger partial charge in [0.2, 0.25) is 0 Å². The van der Waals surface area contributed by atoms with Gasteiger partial charge in [0.1, 0.15) is 0 Å².